The van der Waals surface area contributed by atoms with Gasteiger partial charge in [0.2, 0.25) is 0 Å². The first-order valence-corrected chi connectivity index (χ1v) is 4.90. The van der Waals surface area contributed by atoms with Crippen molar-refractivity contribution in [3.63, 3.8) is 0 Å². The van der Waals surface area contributed by atoms with Gasteiger partial charge in [-0.2, -0.15) is 0 Å². The lowest BCUT2D eigenvalue weighted by Gasteiger charge is -2.11. The Morgan fingerprint density at radius 2 is 2.07 bits per heavy atom. The number of urea groups is 1. The Bertz CT molecular complexity index is 354. The van der Waals surface area contributed by atoms with Gasteiger partial charge in [0.15, 0.2) is 0 Å². The minimum absolute atomic E-state index is 0.340. The van der Waals surface area contributed by atoms with Gasteiger partial charge in [0.1, 0.15) is 4.84 Å². The maximum atomic E-state index is 10.7. The van der Waals surface area contributed by atoms with Crippen molar-refractivity contribution < 1.29 is 4.79 Å². The predicted molar refractivity (Wildman–Crippen MR) is 59.1 cm³/mol. The van der Waals surface area contributed by atoms with Crippen molar-refractivity contribution in [2.24, 2.45) is 5.73 Å². The summed E-state index contributed by atoms with van der Waals surface area (Å²) in [4.78, 5) is 9.89. The number of hydrogen-bond acceptors (Lipinski definition) is 1. The molecule has 0 aliphatic carbocycles. The number of nitrogens with two attached hydrogens (primary N) is 1. The van der Waals surface area contributed by atoms with E-state index in [1.807, 2.05) is 0 Å². The fraction of sp³-hybridized carbons (Fsp3) is 0.125. The number of primary amides is 1. The number of nitrogens with one attached hydrogen (secondary N) is 1. The molecule has 0 saturated heterocycles. The van der Waals surface area contributed by atoms with Crippen LogP contribution in [0.4, 0.5) is 10.5 Å². The zero-order valence-corrected chi connectivity index (χ0v) is 9.20. The van der Waals surface area contributed by atoms with Gasteiger partial charge >= 0.3 is 6.03 Å². The summed E-state index contributed by atoms with van der Waals surface area (Å²) < 4.78 is 0. The normalized spacial score (nSPS) is 10.3. The monoisotopic (exact) mass is 252 g/mol. The van der Waals surface area contributed by atoms with Gasteiger partial charge in [-0.25, -0.2) is 4.79 Å². The van der Waals surface area contributed by atoms with Crippen LogP contribution in [-0.4, -0.2) is 6.03 Å². The van der Waals surface area contributed by atoms with Gasteiger partial charge in [0.25, 0.3) is 0 Å². The molecule has 0 saturated carbocycles. The molecule has 1 rings (SSSR count). The van der Waals surface area contributed by atoms with Crippen molar-refractivity contribution in [2.45, 2.75) is 4.84 Å². The number of alkyl halides is 2. The largest absolute Gasteiger partial charge is 0.351 e. The number of amides is 2. The molecule has 6 heteroatoms. The summed E-state index contributed by atoms with van der Waals surface area (Å²) >= 11 is 17.2. The van der Waals surface area contributed by atoms with Gasteiger partial charge in [0, 0.05) is 5.56 Å². The third-order valence-corrected chi connectivity index (χ3v) is 2.31. The van der Waals surface area contributed by atoms with E-state index < -0.39 is 10.9 Å². The van der Waals surface area contributed by atoms with E-state index in [0.717, 1.165) is 0 Å². The van der Waals surface area contributed by atoms with E-state index in [9.17, 15) is 4.79 Å². The molecule has 1 aromatic rings. The third kappa shape index (κ3) is 2.67. The first kappa shape index (κ1) is 11.4. The molecule has 2 amide bonds. The molecule has 0 aliphatic rings. The van der Waals surface area contributed by atoms with Crippen molar-refractivity contribution in [1.29, 1.82) is 0 Å². The number of hydrogen-bond donors (Lipinski definition) is 2. The van der Waals surface area contributed by atoms with Crippen LogP contribution in [0, 0.1) is 0 Å². The summed E-state index contributed by atoms with van der Waals surface area (Å²) in [5, 5.41) is 2.70. The first-order chi connectivity index (χ1) is 6.52. The highest BCUT2D eigenvalue weighted by atomic mass is 35.5. The van der Waals surface area contributed by atoms with Crippen LogP contribution in [0.1, 0.15) is 10.4 Å². The minimum Gasteiger partial charge on any atom is -0.351 e. The van der Waals surface area contributed by atoms with Crippen LogP contribution in [-0.2, 0) is 0 Å². The van der Waals surface area contributed by atoms with E-state index in [-0.39, 0.29) is 0 Å². The predicted octanol–water partition coefficient (Wildman–Crippen LogP) is 3.31. The van der Waals surface area contributed by atoms with Crippen molar-refractivity contribution in [3.05, 3.63) is 28.8 Å². The fourth-order valence-electron chi connectivity index (χ4n) is 0.978. The fourth-order valence-corrected chi connectivity index (χ4v) is 1.57. The van der Waals surface area contributed by atoms with E-state index >= 15 is 0 Å². The number of halogens is 3. The quantitative estimate of drug-likeness (QED) is 0.781. The van der Waals surface area contributed by atoms with Gasteiger partial charge in [-0.05, 0) is 6.07 Å². The molecule has 76 valence electrons. The summed E-state index contributed by atoms with van der Waals surface area (Å²) in [6.07, 6.45) is 0. The molecule has 0 bridgehead atoms. The number of anilines is 1. The molecule has 0 unspecified atom stereocenters. The summed E-state index contributed by atoms with van der Waals surface area (Å²) in [6, 6.07) is 4.23. The number of carbonyl (C=O) groups excluding carboxylic acids is 1. The Balaban J connectivity index is 3.15. The molecule has 3 nitrogen and oxygen atoms in total. The minimum atomic E-state index is -0.768. The molecule has 0 atom stereocenters. The van der Waals surface area contributed by atoms with Crippen molar-refractivity contribution in [3.8, 4) is 0 Å². The molecule has 3 N–H and O–H groups in total. The van der Waals surface area contributed by atoms with Gasteiger partial charge in [0.05, 0.1) is 10.7 Å². The highest BCUT2D eigenvalue weighted by molar-refractivity contribution is 6.45. The number of para-hydroxylation sites is 1. The second-order valence-electron chi connectivity index (χ2n) is 2.49. The molecule has 0 fully saturated rings. The summed E-state index contributed by atoms with van der Waals surface area (Å²) in [5.41, 5.74) is 5.83. The molecule has 1 aromatic carbocycles. The van der Waals surface area contributed by atoms with Crippen molar-refractivity contribution in [2.75, 3.05) is 5.32 Å². The van der Waals surface area contributed by atoms with Crippen LogP contribution < -0.4 is 11.1 Å². The van der Waals surface area contributed by atoms with Crippen LogP contribution in [0.2, 0.25) is 5.02 Å². The summed E-state index contributed by atoms with van der Waals surface area (Å²) in [7, 11) is 0. The lowest BCUT2D eigenvalue weighted by molar-refractivity contribution is 0.259. The number of benzene rings is 1. The Hall–Kier alpha value is -0.640. The van der Waals surface area contributed by atoms with Crippen LogP contribution in [0.15, 0.2) is 18.2 Å². The SMILES string of the molecule is NC(=O)Nc1c(Cl)cccc1C(Cl)Cl. The Morgan fingerprint density at radius 3 is 2.57 bits per heavy atom. The molecule has 14 heavy (non-hydrogen) atoms. The van der Waals surface area contributed by atoms with Crippen LogP contribution in [0.5, 0.6) is 0 Å². The Morgan fingerprint density at radius 1 is 1.43 bits per heavy atom. The topological polar surface area (TPSA) is 55.1 Å². The van der Waals surface area contributed by atoms with Crippen molar-refractivity contribution >= 4 is 46.5 Å². The zero-order chi connectivity index (χ0) is 10.7. The number of carbonyl (C=O) groups is 1. The van der Waals surface area contributed by atoms with Crippen LogP contribution in [0.3, 0.4) is 0 Å². The molecule has 0 heterocycles. The van der Waals surface area contributed by atoms with Gasteiger partial charge in [-0.15, -0.1) is 0 Å². The van der Waals surface area contributed by atoms with Crippen molar-refractivity contribution in [1.82, 2.24) is 0 Å². The van der Waals surface area contributed by atoms with E-state index in [1.165, 1.54) is 0 Å². The zero-order valence-electron chi connectivity index (χ0n) is 6.93. The average molecular weight is 254 g/mol. The molecular formula is C8H7Cl3N2O. The van der Waals surface area contributed by atoms with E-state index in [0.29, 0.717) is 16.3 Å². The highest BCUT2D eigenvalue weighted by Gasteiger charge is 2.13. The molecule has 0 aliphatic heterocycles. The van der Waals surface area contributed by atoms with Crippen LogP contribution >= 0.6 is 34.8 Å². The summed E-state index contributed by atoms with van der Waals surface area (Å²) in [6.45, 7) is 0. The highest BCUT2D eigenvalue weighted by Crippen LogP contribution is 2.35. The van der Waals surface area contributed by atoms with E-state index in [2.05, 4.69) is 5.32 Å². The lowest BCUT2D eigenvalue weighted by atomic mass is 10.2. The Labute approximate surface area is 96.1 Å². The van der Waals surface area contributed by atoms with E-state index in [4.69, 9.17) is 40.5 Å². The lowest BCUT2D eigenvalue weighted by Crippen LogP contribution is -2.20. The molecule has 0 spiro atoms. The molecule has 0 aromatic heterocycles. The summed E-state index contributed by atoms with van der Waals surface area (Å²) in [5.74, 6) is 0. The Kier molecular flexibility index (Phi) is 3.86. The van der Waals surface area contributed by atoms with E-state index in [1.54, 1.807) is 18.2 Å². The maximum absolute atomic E-state index is 10.7. The first-order valence-electron chi connectivity index (χ1n) is 3.65. The smallest absolute Gasteiger partial charge is 0.316 e. The average Bonchev–Trinajstić information content (AvgIpc) is 2.07. The van der Waals surface area contributed by atoms with Gasteiger partial charge in [-0.1, -0.05) is 46.9 Å². The van der Waals surface area contributed by atoms with Crippen LogP contribution in [0.25, 0.3) is 0 Å². The second-order valence-corrected chi connectivity index (χ2v) is 4.00. The maximum Gasteiger partial charge on any atom is 0.316 e. The van der Waals surface area contributed by atoms with Gasteiger partial charge in [-0.3, -0.25) is 0 Å². The number of rotatable bonds is 2. The third-order valence-electron chi connectivity index (χ3n) is 1.53. The standard InChI is InChI=1S/C8H7Cl3N2O/c9-5-3-1-2-4(7(10)11)6(5)13-8(12)14/h1-3,7H,(H3,12,13,14). The second kappa shape index (κ2) is 4.73. The molecule has 0 radical (unpaired) electrons. The molecular weight excluding hydrogens is 246 g/mol. The van der Waals surface area contributed by atoms with Gasteiger partial charge < -0.3 is 11.1 Å².